The van der Waals surface area contributed by atoms with Gasteiger partial charge >= 0.3 is 0 Å². The van der Waals surface area contributed by atoms with Crippen LogP contribution >= 0.6 is 0 Å². The minimum Gasteiger partial charge on any atom is -0.397 e. The molecule has 5 N–H and O–H groups in total. The fourth-order valence-electron chi connectivity index (χ4n) is 1.64. The summed E-state index contributed by atoms with van der Waals surface area (Å²) in [4.78, 5) is 4.02. The van der Waals surface area contributed by atoms with Crippen LogP contribution in [0.1, 0.15) is 0 Å². The van der Waals surface area contributed by atoms with E-state index in [0.717, 1.165) is 16.5 Å². The topological polar surface area (TPSA) is 91.4 Å². The number of aliphatic hydroxyl groups is 2. The van der Waals surface area contributed by atoms with Gasteiger partial charge in [0.2, 0.25) is 0 Å². The van der Waals surface area contributed by atoms with E-state index in [-0.39, 0.29) is 13.2 Å². The van der Waals surface area contributed by atoms with Crippen molar-refractivity contribution in [2.45, 2.75) is 6.10 Å². The highest BCUT2D eigenvalue weighted by Crippen LogP contribution is 2.27. The normalized spacial score (nSPS) is 12.6. The summed E-state index contributed by atoms with van der Waals surface area (Å²) in [5.74, 6) is 0. The molecule has 1 atom stereocenters. The van der Waals surface area contributed by atoms with Gasteiger partial charge in [-0.3, -0.25) is 4.98 Å². The maximum absolute atomic E-state index is 9.26. The number of nitrogen functional groups attached to an aromatic ring is 1. The molecular formula is C12H15N3O2. The predicted octanol–water partition coefficient (Wildman–Crippen LogP) is 0.582. The Morgan fingerprint density at radius 3 is 2.94 bits per heavy atom. The summed E-state index contributed by atoms with van der Waals surface area (Å²) in [5, 5.41) is 22.9. The smallest absolute Gasteiger partial charge is 0.0942 e. The third-order valence-corrected chi connectivity index (χ3v) is 2.60. The number of benzene rings is 1. The van der Waals surface area contributed by atoms with Crippen molar-refractivity contribution >= 4 is 22.1 Å². The molecule has 0 aliphatic heterocycles. The fraction of sp³-hybridized carbons (Fsp3) is 0.250. The van der Waals surface area contributed by atoms with Crippen LogP contribution in [0.25, 0.3) is 10.8 Å². The largest absolute Gasteiger partial charge is 0.397 e. The van der Waals surface area contributed by atoms with Crippen molar-refractivity contribution < 1.29 is 10.2 Å². The van der Waals surface area contributed by atoms with Gasteiger partial charge in [-0.25, -0.2) is 0 Å². The van der Waals surface area contributed by atoms with E-state index in [1.807, 2.05) is 18.2 Å². The number of rotatable bonds is 4. The van der Waals surface area contributed by atoms with Crippen LogP contribution in [-0.2, 0) is 0 Å². The van der Waals surface area contributed by atoms with Crippen LogP contribution in [0.3, 0.4) is 0 Å². The van der Waals surface area contributed by atoms with Crippen LogP contribution in [0.15, 0.2) is 30.6 Å². The molecule has 1 heterocycles. The minimum absolute atomic E-state index is 0.261. The van der Waals surface area contributed by atoms with E-state index in [1.54, 1.807) is 12.4 Å². The Kier molecular flexibility index (Phi) is 3.41. The molecule has 1 unspecified atom stereocenters. The summed E-state index contributed by atoms with van der Waals surface area (Å²) in [5.41, 5.74) is 7.38. The molecule has 0 aliphatic carbocycles. The molecule has 0 bridgehead atoms. The Morgan fingerprint density at radius 1 is 1.35 bits per heavy atom. The summed E-state index contributed by atoms with van der Waals surface area (Å²) < 4.78 is 0. The molecule has 0 saturated heterocycles. The maximum Gasteiger partial charge on any atom is 0.0942 e. The molecule has 0 amide bonds. The van der Waals surface area contributed by atoms with Gasteiger partial charge in [-0.1, -0.05) is 6.07 Å². The van der Waals surface area contributed by atoms with Gasteiger partial charge in [0.15, 0.2) is 0 Å². The lowest BCUT2D eigenvalue weighted by Crippen LogP contribution is -2.23. The second-order valence-electron chi connectivity index (χ2n) is 3.84. The summed E-state index contributed by atoms with van der Waals surface area (Å²) in [6.07, 6.45) is 2.64. The van der Waals surface area contributed by atoms with Gasteiger partial charge in [0, 0.05) is 29.7 Å². The quantitative estimate of drug-likeness (QED) is 0.580. The molecule has 0 spiro atoms. The number of hydrogen-bond donors (Lipinski definition) is 4. The first-order chi connectivity index (χ1) is 8.22. The monoisotopic (exact) mass is 233 g/mol. The van der Waals surface area contributed by atoms with Gasteiger partial charge in [-0.2, -0.15) is 0 Å². The first-order valence-corrected chi connectivity index (χ1v) is 5.37. The van der Waals surface area contributed by atoms with Crippen molar-refractivity contribution in [3.8, 4) is 0 Å². The first-order valence-electron chi connectivity index (χ1n) is 5.37. The van der Waals surface area contributed by atoms with Crippen LogP contribution in [0, 0.1) is 0 Å². The van der Waals surface area contributed by atoms with E-state index >= 15 is 0 Å². The molecule has 0 radical (unpaired) electrons. The SMILES string of the molecule is Nc1c(NCC(O)CO)ccc2cnccc12. The Labute approximate surface area is 98.9 Å². The summed E-state index contributed by atoms with van der Waals surface area (Å²) in [6.45, 7) is -0.0122. The zero-order valence-electron chi connectivity index (χ0n) is 9.30. The van der Waals surface area contributed by atoms with E-state index < -0.39 is 6.10 Å². The average molecular weight is 233 g/mol. The van der Waals surface area contributed by atoms with Gasteiger partial charge in [0.25, 0.3) is 0 Å². The van der Waals surface area contributed by atoms with E-state index in [2.05, 4.69) is 10.3 Å². The Hall–Kier alpha value is -1.85. The van der Waals surface area contributed by atoms with Crippen LogP contribution in [0.4, 0.5) is 11.4 Å². The van der Waals surface area contributed by atoms with E-state index in [9.17, 15) is 5.11 Å². The van der Waals surface area contributed by atoms with Crippen LogP contribution in [-0.4, -0.2) is 34.5 Å². The molecule has 90 valence electrons. The van der Waals surface area contributed by atoms with E-state index in [1.165, 1.54) is 0 Å². The summed E-state index contributed by atoms with van der Waals surface area (Å²) in [6, 6.07) is 5.59. The number of aliphatic hydroxyl groups excluding tert-OH is 2. The molecule has 1 aromatic heterocycles. The number of nitrogens with two attached hydrogens (primary N) is 1. The molecule has 0 aliphatic rings. The maximum atomic E-state index is 9.26. The van der Waals surface area contributed by atoms with Gasteiger partial charge in [-0.15, -0.1) is 0 Å². The van der Waals surface area contributed by atoms with Crippen molar-refractivity contribution in [1.29, 1.82) is 0 Å². The molecule has 5 nitrogen and oxygen atoms in total. The Morgan fingerprint density at radius 2 is 2.18 bits per heavy atom. The number of fused-ring (bicyclic) bond motifs is 1. The highest BCUT2D eigenvalue weighted by Gasteiger charge is 2.06. The lowest BCUT2D eigenvalue weighted by atomic mass is 10.1. The lowest BCUT2D eigenvalue weighted by molar-refractivity contribution is 0.105. The second-order valence-corrected chi connectivity index (χ2v) is 3.84. The van der Waals surface area contributed by atoms with Gasteiger partial charge in [0.05, 0.1) is 24.1 Å². The minimum atomic E-state index is -0.789. The molecule has 2 rings (SSSR count). The molecule has 1 aromatic carbocycles. The second kappa shape index (κ2) is 4.99. The zero-order valence-corrected chi connectivity index (χ0v) is 9.30. The van der Waals surface area contributed by atoms with Crippen LogP contribution < -0.4 is 11.1 Å². The van der Waals surface area contributed by atoms with Crippen molar-refractivity contribution in [1.82, 2.24) is 4.98 Å². The molecule has 5 heteroatoms. The molecule has 2 aromatic rings. The Balaban J connectivity index is 2.26. The number of hydrogen-bond acceptors (Lipinski definition) is 5. The lowest BCUT2D eigenvalue weighted by Gasteiger charge is -2.13. The van der Waals surface area contributed by atoms with Crippen molar-refractivity contribution in [3.63, 3.8) is 0 Å². The predicted molar refractivity (Wildman–Crippen MR) is 67.7 cm³/mol. The third kappa shape index (κ3) is 2.46. The first kappa shape index (κ1) is 11.6. The van der Waals surface area contributed by atoms with E-state index in [4.69, 9.17) is 10.8 Å². The zero-order chi connectivity index (χ0) is 12.3. The average Bonchev–Trinajstić information content (AvgIpc) is 2.38. The van der Waals surface area contributed by atoms with E-state index in [0.29, 0.717) is 5.69 Å². The number of pyridine rings is 1. The van der Waals surface area contributed by atoms with Crippen molar-refractivity contribution in [2.75, 3.05) is 24.2 Å². The molecule has 17 heavy (non-hydrogen) atoms. The van der Waals surface area contributed by atoms with Crippen LogP contribution in [0.5, 0.6) is 0 Å². The number of anilines is 2. The summed E-state index contributed by atoms with van der Waals surface area (Å²) in [7, 11) is 0. The van der Waals surface area contributed by atoms with Gasteiger partial charge in [-0.05, 0) is 12.1 Å². The molecular weight excluding hydrogens is 218 g/mol. The van der Waals surface area contributed by atoms with Crippen molar-refractivity contribution in [3.05, 3.63) is 30.6 Å². The van der Waals surface area contributed by atoms with Gasteiger partial charge in [0.1, 0.15) is 0 Å². The fourth-order valence-corrected chi connectivity index (χ4v) is 1.64. The van der Waals surface area contributed by atoms with Crippen LogP contribution in [0.2, 0.25) is 0 Å². The van der Waals surface area contributed by atoms with Gasteiger partial charge < -0.3 is 21.3 Å². The summed E-state index contributed by atoms with van der Waals surface area (Å²) >= 11 is 0. The van der Waals surface area contributed by atoms with Crippen molar-refractivity contribution in [2.24, 2.45) is 0 Å². The molecule has 0 saturated carbocycles. The highest BCUT2D eigenvalue weighted by molar-refractivity contribution is 5.98. The Bertz CT molecular complexity index is 516. The standard InChI is InChI=1S/C12H15N3O2/c13-12-10-3-4-14-5-8(10)1-2-11(12)15-6-9(17)7-16/h1-5,9,15-17H,6-7,13H2. The highest BCUT2D eigenvalue weighted by atomic mass is 16.3. The number of aromatic nitrogens is 1. The third-order valence-electron chi connectivity index (χ3n) is 2.60. The molecule has 0 fully saturated rings. The number of nitrogens with zero attached hydrogens (tertiary/aromatic N) is 1. The number of nitrogens with one attached hydrogen (secondary N) is 1.